The average Bonchev–Trinajstić information content (AvgIpc) is 2.61. The molecule has 0 fully saturated rings. The first-order chi connectivity index (χ1) is 11.6. The third kappa shape index (κ3) is 2.80. The fourth-order valence-electron chi connectivity index (χ4n) is 2.31. The molecule has 0 spiro atoms. The zero-order valence-electron chi connectivity index (χ0n) is 12.2. The molecule has 0 unspecified atom stereocenters. The second kappa shape index (κ2) is 6.21. The summed E-state index contributed by atoms with van der Waals surface area (Å²) in [6.45, 7) is 0. The maximum atomic E-state index is 11.2. The number of nitro groups is 2. The zero-order chi connectivity index (χ0) is 17.1. The molecule has 8 nitrogen and oxygen atoms in total. The SMILES string of the molecule is O=[N+]([O-])c1ccccc1-c1cccc(-c2ncccc2[N+](=O)[O-])n1. The van der Waals surface area contributed by atoms with E-state index in [1.807, 2.05) is 0 Å². The Bertz CT molecular complexity index is 870. The Morgan fingerprint density at radius 3 is 2.17 bits per heavy atom. The molecule has 3 rings (SSSR count). The molecule has 8 heteroatoms. The Labute approximate surface area is 135 Å². The lowest BCUT2D eigenvalue weighted by Crippen LogP contribution is -1.97. The van der Waals surface area contributed by atoms with E-state index in [2.05, 4.69) is 9.97 Å². The van der Waals surface area contributed by atoms with Crippen LogP contribution in [0.4, 0.5) is 11.4 Å². The highest BCUT2D eigenvalue weighted by atomic mass is 16.6. The monoisotopic (exact) mass is 322 g/mol. The number of benzene rings is 1. The van der Waals surface area contributed by atoms with E-state index in [-0.39, 0.29) is 22.8 Å². The Balaban J connectivity index is 2.16. The molecular formula is C16H10N4O4. The molecule has 118 valence electrons. The smallest absolute Gasteiger partial charge is 0.258 e. The van der Waals surface area contributed by atoms with Crippen LogP contribution in [0, 0.1) is 20.2 Å². The van der Waals surface area contributed by atoms with Gasteiger partial charge in [0.2, 0.25) is 0 Å². The molecule has 0 N–H and O–H groups in total. The zero-order valence-corrected chi connectivity index (χ0v) is 12.2. The largest absolute Gasteiger partial charge is 0.297 e. The Hall–Kier alpha value is -3.68. The highest BCUT2D eigenvalue weighted by Crippen LogP contribution is 2.31. The molecule has 3 aromatic rings. The molecule has 0 atom stereocenters. The van der Waals surface area contributed by atoms with E-state index < -0.39 is 9.85 Å². The molecule has 0 radical (unpaired) electrons. The van der Waals surface area contributed by atoms with Gasteiger partial charge in [0, 0.05) is 18.3 Å². The van der Waals surface area contributed by atoms with E-state index in [9.17, 15) is 20.2 Å². The van der Waals surface area contributed by atoms with Crippen LogP contribution in [0.1, 0.15) is 0 Å². The molecule has 0 aliphatic heterocycles. The van der Waals surface area contributed by atoms with Gasteiger partial charge in [0.25, 0.3) is 11.4 Å². The minimum absolute atomic E-state index is 0.0855. The lowest BCUT2D eigenvalue weighted by molar-refractivity contribution is -0.384. The normalized spacial score (nSPS) is 10.3. The molecular weight excluding hydrogens is 312 g/mol. The second-order valence-corrected chi connectivity index (χ2v) is 4.81. The summed E-state index contributed by atoms with van der Waals surface area (Å²) >= 11 is 0. The van der Waals surface area contributed by atoms with Crippen molar-refractivity contribution in [2.45, 2.75) is 0 Å². The molecule has 24 heavy (non-hydrogen) atoms. The highest BCUT2D eigenvalue weighted by Gasteiger charge is 2.19. The molecule has 0 aliphatic rings. The number of nitro benzene ring substituents is 1. The number of hydrogen-bond acceptors (Lipinski definition) is 6. The molecule has 0 aliphatic carbocycles. The van der Waals surface area contributed by atoms with Crippen LogP contribution in [0.25, 0.3) is 22.6 Å². The van der Waals surface area contributed by atoms with Gasteiger partial charge in [-0.2, -0.15) is 0 Å². The summed E-state index contributed by atoms with van der Waals surface area (Å²) in [6, 6.07) is 13.8. The number of aromatic nitrogens is 2. The van der Waals surface area contributed by atoms with Crippen molar-refractivity contribution in [3.05, 3.63) is 81.0 Å². The van der Waals surface area contributed by atoms with E-state index in [1.54, 1.807) is 36.4 Å². The van der Waals surface area contributed by atoms with Crippen molar-refractivity contribution in [2.24, 2.45) is 0 Å². The lowest BCUT2D eigenvalue weighted by Gasteiger charge is -2.05. The van der Waals surface area contributed by atoms with Crippen LogP contribution < -0.4 is 0 Å². The quantitative estimate of drug-likeness (QED) is 0.535. The lowest BCUT2D eigenvalue weighted by atomic mass is 10.1. The van der Waals surface area contributed by atoms with E-state index in [4.69, 9.17) is 0 Å². The van der Waals surface area contributed by atoms with Gasteiger partial charge in [-0.3, -0.25) is 20.2 Å². The van der Waals surface area contributed by atoms with Crippen molar-refractivity contribution in [1.29, 1.82) is 0 Å². The van der Waals surface area contributed by atoms with Crippen molar-refractivity contribution in [2.75, 3.05) is 0 Å². The summed E-state index contributed by atoms with van der Waals surface area (Å²) in [6.07, 6.45) is 1.43. The Kier molecular flexibility index (Phi) is 3.94. The molecule has 0 bridgehead atoms. The first kappa shape index (κ1) is 15.2. The summed E-state index contributed by atoms with van der Waals surface area (Å²) in [5, 5.41) is 22.3. The maximum absolute atomic E-state index is 11.2. The molecule has 0 saturated carbocycles. The molecule has 2 heterocycles. The van der Waals surface area contributed by atoms with Gasteiger partial charge in [0.1, 0.15) is 0 Å². The van der Waals surface area contributed by atoms with Gasteiger partial charge < -0.3 is 0 Å². The van der Waals surface area contributed by atoms with Gasteiger partial charge in [-0.05, 0) is 24.3 Å². The second-order valence-electron chi connectivity index (χ2n) is 4.81. The van der Waals surface area contributed by atoms with E-state index in [1.165, 1.54) is 24.4 Å². The standard InChI is InChI=1S/C16H10N4O4/c21-19(22)14-8-2-1-5-11(14)12-6-3-7-13(18-12)16-15(20(23)24)9-4-10-17-16/h1-10H. The van der Waals surface area contributed by atoms with Crippen LogP contribution in [-0.2, 0) is 0 Å². The molecule has 0 amide bonds. The third-order valence-corrected chi connectivity index (χ3v) is 3.35. The Morgan fingerprint density at radius 2 is 1.42 bits per heavy atom. The summed E-state index contributed by atoms with van der Waals surface area (Å²) in [5.41, 5.74) is 0.811. The fourth-order valence-corrected chi connectivity index (χ4v) is 2.31. The van der Waals surface area contributed by atoms with Crippen molar-refractivity contribution >= 4 is 11.4 Å². The number of pyridine rings is 2. The van der Waals surface area contributed by atoms with E-state index in [0.717, 1.165) is 0 Å². The first-order valence-electron chi connectivity index (χ1n) is 6.88. The van der Waals surface area contributed by atoms with Crippen LogP contribution in [0.2, 0.25) is 0 Å². The topological polar surface area (TPSA) is 112 Å². The van der Waals surface area contributed by atoms with Gasteiger partial charge in [-0.15, -0.1) is 0 Å². The minimum Gasteiger partial charge on any atom is -0.258 e. The maximum Gasteiger partial charge on any atom is 0.297 e. The summed E-state index contributed by atoms with van der Waals surface area (Å²) in [4.78, 5) is 29.6. The number of para-hydroxylation sites is 1. The third-order valence-electron chi connectivity index (χ3n) is 3.35. The molecule has 1 aromatic carbocycles. The summed E-state index contributed by atoms with van der Waals surface area (Å²) in [5.74, 6) is 0. The predicted molar refractivity (Wildman–Crippen MR) is 86.2 cm³/mol. The number of rotatable bonds is 4. The fraction of sp³-hybridized carbons (Fsp3) is 0. The molecule has 2 aromatic heterocycles. The van der Waals surface area contributed by atoms with Gasteiger partial charge in [-0.25, -0.2) is 9.97 Å². The molecule has 0 saturated heterocycles. The highest BCUT2D eigenvalue weighted by molar-refractivity contribution is 5.74. The van der Waals surface area contributed by atoms with Crippen molar-refractivity contribution in [3.8, 4) is 22.6 Å². The van der Waals surface area contributed by atoms with Gasteiger partial charge in [-0.1, -0.05) is 18.2 Å². The first-order valence-corrected chi connectivity index (χ1v) is 6.88. The van der Waals surface area contributed by atoms with E-state index in [0.29, 0.717) is 11.3 Å². The van der Waals surface area contributed by atoms with Crippen LogP contribution in [-0.4, -0.2) is 19.8 Å². The number of hydrogen-bond donors (Lipinski definition) is 0. The minimum atomic E-state index is -0.540. The van der Waals surface area contributed by atoms with Gasteiger partial charge >= 0.3 is 0 Å². The van der Waals surface area contributed by atoms with Crippen LogP contribution >= 0.6 is 0 Å². The van der Waals surface area contributed by atoms with Gasteiger partial charge in [0.05, 0.1) is 26.8 Å². The Morgan fingerprint density at radius 1 is 0.750 bits per heavy atom. The van der Waals surface area contributed by atoms with Crippen LogP contribution in [0.15, 0.2) is 60.8 Å². The van der Waals surface area contributed by atoms with Crippen LogP contribution in [0.3, 0.4) is 0 Å². The van der Waals surface area contributed by atoms with Crippen molar-refractivity contribution in [1.82, 2.24) is 9.97 Å². The van der Waals surface area contributed by atoms with Gasteiger partial charge in [0.15, 0.2) is 5.69 Å². The average molecular weight is 322 g/mol. The van der Waals surface area contributed by atoms with Crippen molar-refractivity contribution < 1.29 is 9.85 Å². The summed E-state index contributed by atoms with van der Waals surface area (Å²) < 4.78 is 0. The predicted octanol–water partition coefficient (Wildman–Crippen LogP) is 3.63. The van der Waals surface area contributed by atoms with E-state index >= 15 is 0 Å². The summed E-state index contributed by atoms with van der Waals surface area (Å²) in [7, 11) is 0. The van der Waals surface area contributed by atoms with Crippen molar-refractivity contribution in [3.63, 3.8) is 0 Å². The number of nitrogens with zero attached hydrogens (tertiary/aromatic N) is 4. The van der Waals surface area contributed by atoms with Crippen LogP contribution in [0.5, 0.6) is 0 Å².